The average molecular weight is 272 g/mol. The highest BCUT2D eigenvalue weighted by molar-refractivity contribution is 5.87. The minimum absolute atomic E-state index is 0.0604. The maximum atomic E-state index is 11.0. The molecule has 1 unspecified atom stereocenters. The molecule has 2 heterocycles. The van der Waals surface area contributed by atoms with Crippen molar-refractivity contribution in [1.82, 2.24) is 9.78 Å². The molecule has 1 aromatic carbocycles. The van der Waals surface area contributed by atoms with Gasteiger partial charge in [-0.3, -0.25) is 4.68 Å². The fourth-order valence-electron chi connectivity index (χ4n) is 2.62. The zero-order valence-electron chi connectivity index (χ0n) is 11.5. The Bertz CT molecular complexity index is 676. The number of hydrogen-bond donors (Lipinski definition) is 1. The van der Waals surface area contributed by atoms with Crippen molar-refractivity contribution in [1.29, 1.82) is 0 Å². The predicted octanol–water partition coefficient (Wildman–Crippen LogP) is 2.50. The smallest absolute Gasteiger partial charge is 0.356 e. The van der Waals surface area contributed by atoms with Gasteiger partial charge < -0.3 is 9.84 Å². The van der Waals surface area contributed by atoms with Gasteiger partial charge in [-0.1, -0.05) is 12.1 Å². The van der Waals surface area contributed by atoms with E-state index in [2.05, 4.69) is 12.0 Å². The summed E-state index contributed by atoms with van der Waals surface area (Å²) in [6.45, 7) is 2.06. The molecule has 0 aliphatic carbocycles. The van der Waals surface area contributed by atoms with E-state index in [0.717, 1.165) is 35.4 Å². The lowest BCUT2D eigenvalue weighted by Gasteiger charge is -2.25. The summed E-state index contributed by atoms with van der Waals surface area (Å²) >= 11 is 0. The third-order valence-corrected chi connectivity index (χ3v) is 3.64. The molecule has 3 rings (SSSR count). The Morgan fingerprint density at radius 1 is 1.50 bits per heavy atom. The summed E-state index contributed by atoms with van der Waals surface area (Å²) in [5.74, 6) is -0.124. The van der Waals surface area contributed by atoms with Crippen LogP contribution in [-0.2, 0) is 13.5 Å². The maximum Gasteiger partial charge on any atom is 0.356 e. The Hall–Kier alpha value is -2.30. The lowest BCUT2D eigenvalue weighted by molar-refractivity contribution is 0.0689. The molecule has 1 aliphatic heterocycles. The van der Waals surface area contributed by atoms with Crippen LogP contribution in [0.25, 0.3) is 11.3 Å². The lowest BCUT2D eigenvalue weighted by Crippen LogP contribution is -2.19. The van der Waals surface area contributed by atoms with Crippen molar-refractivity contribution in [3.63, 3.8) is 0 Å². The molecule has 0 saturated carbocycles. The van der Waals surface area contributed by atoms with E-state index in [4.69, 9.17) is 9.84 Å². The van der Waals surface area contributed by atoms with Gasteiger partial charge >= 0.3 is 5.97 Å². The van der Waals surface area contributed by atoms with Crippen LogP contribution < -0.4 is 4.74 Å². The van der Waals surface area contributed by atoms with Crippen molar-refractivity contribution < 1.29 is 14.6 Å². The predicted molar refractivity (Wildman–Crippen MR) is 74.0 cm³/mol. The fraction of sp³-hybridized carbons (Fsp3) is 0.333. The van der Waals surface area contributed by atoms with Crippen LogP contribution in [0, 0.1) is 0 Å². The van der Waals surface area contributed by atoms with E-state index in [9.17, 15) is 4.79 Å². The van der Waals surface area contributed by atoms with E-state index in [1.165, 1.54) is 0 Å². The van der Waals surface area contributed by atoms with E-state index < -0.39 is 5.97 Å². The molecule has 2 aromatic rings. The van der Waals surface area contributed by atoms with Gasteiger partial charge in [0.1, 0.15) is 5.75 Å². The lowest BCUT2D eigenvalue weighted by atomic mass is 9.95. The second kappa shape index (κ2) is 4.67. The molecule has 5 nitrogen and oxygen atoms in total. The van der Waals surface area contributed by atoms with E-state index in [-0.39, 0.29) is 11.8 Å². The van der Waals surface area contributed by atoms with Crippen molar-refractivity contribution in [2.24, 2.45) is 7.05 Å². The second-order valence-electron chi connectivity index (χ2n) is 5.09. The van der Waals surface area contributed by atoms with Crippen molar-refractivity contribution in [3.8, 4) is 17.0 Å². The molecular weight excluding hydrogens is 256 g/mol. The molecule has 0 bridgehead atoms. The number of nitrogens with zero attached hydrogens (tertiary/aromatic N) is 2. The Kier molecular flexibility index (Phi) is 2.97. The molecule has 1 aromatic heterocycles. The molecule has 1 aliphatic rings. The number of fused-ring (bicyclic) bond motifs is 1. The number of carboxylic acid groups (broad SMARTS) is 1. The zero-order chi connectivity index (χ0) is 14.3. The van der Waals surface area contributed by atoms with E-state index in [1.807, 2.05) is 18.2 Å². The van der Waals surface area contributed by atoms with Gasteiger partial charge in [0.2, 0.25) is 0 Å². The standard InChI is InChI=1S/C15H16N2O3/c1-9-6-7-11-10(4-3-5-14(11)20-9)13-8-12(15(18)19)16-17(13)2/h3-5,8-9H,6-7H2,1-2H3,(H,18,19). The van der Waals surface area contributed by atoms with Gasteiger partial charge in [-0.15, -0.1) is 0 Å². The van der Waals surface area contributed by atoms with Gasteiger partial charge in [-0.05, 0) is 31.9 Å². The van der Waals surface area contributed by atoms with Gasteiger partial charge in [0.05, 0.1) is 11.8 Å². The number of rotatable bonds is 2. The number of carbonyl (C=O) groups is 1. The van der Waals surface area contributed by atoms with Gasteiger partial charge in [-0.2, -0.15) is 5.10 Å². The largest absolute Gasteiger partial charge is 0.490 e. The Morgan fingerprint density at radius 2 is 2.30 bits per heavy atom. The number of aromatic nitrogens is 2. The van der Waals surface area contributed by atoms with Crippen LogP contribution in [0.5, 0.6) is 5.75 Å². The van der Waals surface area contributed by atoms with Crippen LogP contribution in [0.3, 0.4) is 0 Å². The molecule has 5 heteroatoms. The Labute approximate surface area is 116 Å². The third-order valence-electron chi connectivity index (χ3n) is 3.64. The first-order valence-corrected chi connectivity index (χ1v) is 6.62. The molecular formula is C15H16N2O3. The average Bonchev–Trinajstić information content (AvgIpc) is 2.80. The molecule has 104 valence electrons. The molecule has 1 N–H and O–H groups in total. The van der Waals surface area contributed by atoms with Crippen LogP contribution >= 0.6 is 0 Å². The second-order valence-corrected chi connectivity index (χ2v) is 5.09. The summed E-state index contributed by atoms with van der Waals surface area (Å²) in [7, 11) is 1.76. The van der Waals surface area contributed by atoms with Crippen molar-refractivity contribution in [2.75, 3.05) is 0 Å². The number of benzene rings is 1. The first kappa shape index (κ1) is 12.7. The summed E-state index contributed by atoms with van der Waals surface area (Å²) in [6, 6.07) is 7.49. The van der Waals surface area contributed by atoms with E-state index in [0.29, 0.717) is 0 Å². The molecule has 0 fully saturated rings. The highest BCUT2D eigenvalue weighted by Gasteiger charge is 2.22. The summed E-state index contributed by atoms with van der Waals surface area (Å²) in [6.07, 6.45) is 2.12. The first-order valence-electron chi connectivity index (χ1n) is 6.62. The summed E-state index contributed by atoms with van der Waals surface area (Å²) in [5, 5.41) is 13.1. The number of aryl methyl sites for hydroxylation is 1. The topological polar surface area (TPSA) is 64.3 Å². The number of ether oxygens (including phenoxy) is 1. The summed E-state index contributed by atoms with van der Waals surface area (Å²) in [4.78, 5) is 11.0. The van der Waals surface area contributed by atoms with Gasteiger partial charge in [-0.25, -0.2) is 4.79 Å². The summed E-state index contributed by atoms with van der Waals surface area (Å²) < 4.78 is 7.45. The normalized spacial score (nSPS) is 17.4. The third kappa shape index (κ3) is 2.05. The van der Waals surface area contributed by atoms with Crippen LogP contribution in [0.2, 0.25) is 0 Å². The monoisotopic (exact) mass is 272 g/mol. The number of carboxylic acids is 1. The molecule has 1 atom stereocenters. The SMILES string of the molecule is CC1CCc2c(cccc2-c2cc(C(=O)O)nn2C)O1. The molecule has 0 amide bonds. The summed E-state index contributed by atoms with van der Waals surface area (Å²) in [5.41, 5.74) is 2.99. The maximum absolute atomic E-state index is 11.0. The van der Waals surface area contributed by atoms with E-state index >= 15 is 0 Å². The minimum atomic E-state index is -1.01. The zero-order valence-corrected chi connectivity index (χ0v) is 11.5. The molecule has 0 spiro atoms. The number of aromatic carboxylic acids is 1. The molecule has 20 heavy (non-hydrogen) atoms. The highest BCUT2D eigenvalue weighted by atomic mass is 16.5. The van der Waals surface area contributed by atoms with Gasteiger partial charge in [0, 0.05) is 18.2 Å². The quantitative estimate of drug-likeness (QED) is 0.912. The van der Waals surface area contributed by atoms with Crippen LogP contribution in [-0.4, -0.2) is 27.0 Å². The Morgan fingerprint density at radius 3 is 3.00 bits per heavy atom. The molecule has 0 saturated heterocycles. The minimum Gasteiger partial charge on any atom is -0.490 e. The van der Waals surface area contributed by atoms with Gasteiger partial charge in [0.15, 0.2) is 5.69 Å². The fourth-order valence-corrected chi connectivity index (χ4v) is 2.62. The van der Waals surface area contributed by atoms with E-state index in [1.54, 1.807) is 17.8 Å². The Balaban J connectivity index is 2.11. The van der Waals surface area contributed by atoms with Crippen LogP contribution in [0.1, 0.15) is 29.4 Å². The van der Waals surface area contributed by atoms with Crippen molar-refractivity contribution in [3.05, 3.63) is 35.5 Å². The molecule has 0 radical (unpaired) electrons. The van der Waals surface area contributed by atoms with Gasteiger partial charge in [0.25, 0.3) is 0 Å². The van der Waals surface area contributed by atoms with Crippen molar-refractivity contribution in [2.45, 2.75) is 25.9 Å². The highest BCUT2D eigenvalue weighted by Crippen LogP contribution is 2.35. The number of hydrogen-bond acceptors (Lipinski definition) is 3. The van der Waals surface area contributed by atoms with Crippen LogP contribution in [0.4, 0.5) is 0 Å². The van der Waals surface area contributed by atoms with Crippen molar-refractivity contribution >= 4 is 5.97 Å². The first-order chi connectivity index (χ1) is 9.56. The van der Waals surface area contributed by atoms with Crippen LogP contribution in [0.15, 0.2) is 24.3 Å².